The molecule has 4 heteroatoms. The molecule has 0 bridgehead atoms. The highest BCUT2D eigenvalue weighted by Gasteiger charge is 2.49. The van der Waals surface area contributed by atoms with E-state index in [4.69, 9.17) is 32.7 Å². The van der Waals surface area contributed by atoms with Gasteiger partial charge < -0.3 is 9.47 Å². The summed E-state index contributed by atoms with van der Waals surface area (Å²) in [4.78, 5) is -0.576. The van der Waals surface area contributed by atoms with Crippen LogP contribution in [0.1, 0.15) is 32.1 Å². The summed E-state index contributed by atoms with van der Waals surface area (Å²) in [6.45, 7) is 1.24. The molecule has 0 amide bonds. The van der Waals surface area contributed by atoms with Crippen LogP contribution in [0.3, 0.4) is 0 Å². The molecule has 0 radical (unpaired) electrons. The zero-order valence-electron chi connectivity index (χ0n) is 8.18. The average molecular weight is 239 g/mol. The molecule has 0 atom stereocenters. The zero-order chi connectivity index (χ0) is 10.0. The highest BCUT2D eigenvalue weighted by molar-refractivity contribution is 6.45. The van der Waals surface area contributed by atoms with Crippen molar-refractivity contribution in [2.75, 3.05) is 13.2 Å². The van der Waals surface area contributed by atoms with E-state index >= 15 is 0 Å². The first kappa shape index (κ1) is 11.0. The second-order valence-corrected chi connectivity index (χ2v) is 5.15. The van der Waals surface area contributed by atoms with Crippen molar-refractivity contribution in [1.29, 1.82) is 0 Å². The molecule has 2 aliphatic rings. The molecule has 1 heterocycles. The Labute approximate surface area is 94.8 Å². The Morgan fingerprint density at radius 3 is 2.07 bits per heavy atom. The Hall–Kier alpha value is 0.500. The van der Waals surface area contributed by atoms with Crippen LogP contribution in [0.15, 0.2) is 0 Å². The molecule has 0 aromatic heterocycles. The third kappa shape index (κ3) is 1.90. The fourth-order valence-electron chi connectivity index (χ4n) is 2.49. The van der Waals surface area contributed by atoms with Gasteiger partial charge in [0, 0.05) is 5.92 Å². The summed E-state index contributed by atoms with van der Waals surface area (Å²) in [5.41, 5.74) is 0. The first-order chi connectivity index (χ1) is 6.76. The maximum absolute atomic E-state index is 5.99. The van der Waals surface area contributed by atoms with Gasteiger partial charge in [-0.05, 0) is 12.8 Å². The number of hydrogen-bond donors (Lipinski definition) is 0. The lowest BCUT2D eigenvalue weighted by Gasteiger charge is -2.38. The van der Waals surface area contributed by atoms with E-state index in [1.807, 2.05) is 0 Å². The van der Waals surface area contributed by atoms with Crippen molar-refractivity contribution < 1.29 is 9.47 Å². The highest BCUT2D eigenvalue weighted by Crippen LogP contribution is 2.43. The van der Waals surface area contributed by atoms with E-state index in [9.17, 15) is 0 Å². The Morgan fingerprint density at radius 2 is 1.57 bits per heavy atom. The van der Waals surface area contributed by atoms with Gasteiger partial charge in [-0.25, -0.2) is 0 Å². The van der Waals surface area contributed by atoms with Crippen molar-refractivity contribution >= 4 is 23.2 Å². The number of halogens is 2. The summed E-state index contributed by atoms with van der Waals surface area (Å²) in [5.74, 6) is -0.331. The second-order valence-electron chi connectivity index (χ2n) is 4.05. The van der Waals surface area contributed by atoms with Gasteiger partial charge in [0.1, 0.15) is 0 Å². The van der Waals surface area contributed by atoms with Crippen molar-refractivity contribution in [3.05, 3.63) is 0 Å². The Bertz CT molecular complexity index is 185. The molecule has 1 saturated heterocycles. The third-order valence-electron chi connectivity index (χ3n) is 3.22. The van der Waals surface area contributed by atoms with Gasteiger partial charge in [-0.15, -0.1) is 0 Å². The van der Waals surface area contributed by atoms with E-state index in [1.165, 1.54) is 19.3 Å². The topological polar surface area (TPSA) is 18.5 Å². The van der Waals surface area contributed by atoms with Crippen LogP contribution in [0.25, 0.3) is 0 Å². The summed E-state index contributed by atoms with van der Waals surface area (Å²) < 4.78 is 11.3. The summed E-state index contributed by atoms with van der Waals surface area (Å²) in [7, 11) is 0. The minimum absolute atomic E-state index is 0.374. The minimum atomic E-state index is -0.705. The molecule has 2 rings (SSSR count). The van der Waals surface area contributed by atoms with Crippen LogP contribution in [-0.4, -0.2) is 23.8 Å². The molecule has 2 fully saturated rings. The van der Waals surface area contributed by atoms with Gasteiger partial charge in [0.25, 0.3) is 0 Å². The lowest BCUT2D eigenvalue weighted by atomic mass is 9.83. The van der Waals surface area contributed by atoms with E-state index in [2.05, 4.69) is 0 Å². The maximum Gasteiger partial charge on any atom is 0.201 e. The van der Waals surface area contributed by atoms with Crippen LogP contribution in [0.4, 0.5) is 0 Å². The SMILES string of the molecule is ClC(Cl)C1(C2CCCCC2)OCCO1. The van der Waals surface area contributed by atoms with Crippen molar-refractivity contribution in [2.24, 2.45) is 5.92 Å². The lowest BCUT2D eigenvalue weighted by molar-refractivity contribution is -0.191. The van der Waals surface area contributed by atoms with Crippen molar-refractivity contribution in [3.8, 4) is 0 Å². The van der Waals surface area contributed by atoms with Gasteiger partial charge >= 0.3 is 0 Å². The van der Waals surface area contributed by atoms with Crippen LogP contribution in [0.2, 0.25) is 0 Å². The predicted molar refractivity (Wildman–Crippen MR) is 56.7 cm³/mol. The molecule has 1 aliphatic heterocycles. The highest BCUT2D eigenvalue weighted by atomic mass is 35.5. The van der Waals surface area contributed by atoms with Crippen LogP contribution in [-0.2, 0) is 9.47 Å². The maximum atomic E-state index is 5.99. The van der Waals surface area contributed by atoms with Gasteiger partial charge in [-0.3, -0.25) is 0 Å². The summed E-state index contributed by atoms with van der Waals surface area (Å²) in [5, 5.41) is 0. The fraction of sp³-hybridized carbons (Fsp3) is 1.00. The minimum Gasteiger partial charge on any atom is -0.345 e. The van der Waals surface area contributed by atoms with E-state index in [0.717, 1.165) is 12.8 Å². The molecule has 2 nitrogen and oxygen atoms in total. The van der Waals surface area contributed by atoms with Crippen LogP contribution in [0, 0.1) is 5.92 Å². The molecular formula is C10H16Cl2O2. The smallest absolute Gasteiger partial charge is 0.201 e. The largest absolute Gasteiger partial charge is 0.345 e. The third-order valence-corrected chi connectivity index (χ3v) is 3.83. The monoisotopic (exact) mass is 238 g/mol. The standard InChI is InChI=1S/C10H16Cl2O2/c11-9(12)10(13-6-7-14-10)8-4-2-1-3-5-8/h8-9H,1-7H2. The van der Waals surface area contributed by atoms with E-state index in [1.54, 1.807) is 0 Å². The van der Waals surface area contributed by atoms with Crippen molar-refractivity contribution in [1.82, 2.24) is 0 Å². The van der Waals surface area contributed by atoms with Gasteiger partial charge in [0.15, 0.2) is 4.84 Å². The number of ether oxygens (including phenoxy) is 2. The average Bonchev–Trinajstić information content (AvgIpc) is 2.69. The molecule has 14 heavy (non-hydrogen) atoms. The molecule has 0 N–H and O–H groups in total. The summed E-state index contributed by atoms with van der Waals surface area (Å²) >= 11 is 12.0. The molecule has 0 spiro atoms. The quantitative estimate of drug-likeness (QED) is 0.689. The lowest BCUT2D eigenvalue weighted by Crippen LogP contribution is -2.46. The fourth-order valence-corrected chi connectivity index (χ4v) is 3.10. The van der Waals surface area contributed by atoms with Crippen LogP contribution < -0.4 is 0 Å². The second kappa shape index (κ2) is 4.56. The van der Waals surface area contributed by atoms with E-state index < -0.39 is 10.6 Å². The van der Waals surface area contributed by atoms with Gasteiger partial charge in [-0.1, -0.05) is 42.5 Å². The zero-order valence-corrected chi connectivity index (χ0v) is 9.69. The van der Waals surface area contributed by atoms with E-state index in [0.29, 0.717) is 19.1 Å². The Balaban J connectivity index is 2.08. The number of rotatable bonds is 2. The summed E-state index contributed by atoms with van der Waals surface area (Å²) in [6.07, 6.45) is 6.02. The first-order valence-electron chi connectivity index (χ1n) is 5.32. The van der Waals surface area contributed by atoms with Crippen molar-refractivity contribution in [2.45, 2.75) is 42.7 Å². The van der Waals surface area contributed by atoms with Crippen LogP contribution in [0.5, 0.6) is 0 Å². The van der Waals surface area contributed by atoms with Gasteiger partial charge in [0.05, 0.1) is 13.2 Å². The van der Waals surface area contributed by atoms with Gasteiger partial charge in [-0.2, -0.15) is 0 Å². The Kier molecular flexibility index (Phi) is 3.59. The van der Waals surface area contributed by atoms with Crippen molar-refractivity contribution in [3.63, 3.8) is 0 Å². The summed E-state index contributed by atoms with van der Waals surface area (Å²) in [6, 6.07) is 0. The molecule has 0 unspecified atom stereocenters. The normalized spacial score (nSPS) is 28.5. The molecule has 0 aromatic carbocycles. The molecular weight excluding hydrogens is 223 g/mol. The Morgan fingerprint density at radius 1 is 1.00 bits per heavy atom. The first-order valence-corrected chi connectivity index (χ1v) is 6.19. The predicted octanol–water partition coefficient (Wildman–Crippen LogP) is 3.11. The molecule has 1 saturated carbocycles. The van der Waals surface area contributed by atoms with Crippen LogP contribution >= 0.6 is 23.2 Å². The number of alkyl halides is 2. The molecule has 1 aliphatic carbocycles. The number of hydrogen-bond acceptors (Lipinski definition) is 2. The van der Waals surface area contributed by atoms with E-state index in [-0.39, 0.29) is 0 Å². The molecule has 0 aromatic rings. The van der Waals surface area contributed by atoms with Gasteiger partial charge in [0.2, 0.25) is 5.79 Å². The molecule has 82 valence electrons.